The first-order chi connectivity index (χ1) is 8.29. The van der Waals surface area contributed by atoms with Crippen LogP contribution in [0.1, 0.15) is 18.4 Å². The molecule has 94 valence electrons. The molecule has 0 aromatic heterocycles. The van der Waals surface area contributed by atoms with E-state index in [2.05, 4.69) is 0 Å². The van der Waals surface area contributed by atoms with Gasteiger partial charge in [-0.2, -0.15) is 0 Å². The van der Waals surface area contributed by atoms with Gasteiger partial charge in [-0.15, -0.1) is 11.8 Å². The summed E-state index contributed by atoms with van der Waals surface area (Å²) in [6.45, 7) is 1.41. The highest BCUT2D eigenvalue weighted by Gasteiger charge is 2.16. The molecule has 0 radical (unpaired) electrons. The molecule has 2 N–H and O–H groups in total. The van der Waals surface area contributed by atoms with Crippen molar-refractivity contribution in [1.82, 2.24) is 0 Å². The molecule has 1 aliphatic rings. The van der Waals surface area contributed by atoms with Crippen molar-refractivity contribution in [3.8, 4) is 0 Å². The van der Waals surface area contributed by atoms with Crippen molar-refractivity contribution >= 4 is 11.8 Å². The molecule has 1 unspecified atom stereocenters. The Bertz CT molecular complexity index is 366. The van der Waals surface area contributed by atoms with Crippen LogP contribution in [0.2, 0.25) is 0 Å². The lowest BCUT2D eigenvalue weighted by Crippen LogP contribution is -2.08. The van der Waals surface area contributed by atoms with Crippen molar-refractivity contribution < 1.29 is 9.13 Å². The molecule has 0 spiro atoms. The molecule has 1 fully saturated rings. The van der Waals surface area contributed by atoms with Crippen molar-refractivity contribution in [3.63, 3.8) is 0 Å². The van der Waals surface area contributed by atoms with Gasteiger partial charge >= 0.3 is 0 Å². The van der Waals surface area contributed by atoms with Gasteiger partial charge in [0.1, 0.15) is 5.82 Å². The molecule has 0 saturated carbocycles. The van der Waals surface area contributed by atoms with Crippen LogP contribution in [0.15, 0.2) is 23.1 Å². The molecule has 0 aliphatic carbocycles. The molecule has 1 atom stereocenters. The highest BCUT2D eigenvalue weighted by Crippen LogP contribution is 2.26. The monoisotopic (exact) mass is 255 g/mol. The fourth-order valence-corrected chi connectivity index (χ4v) is 2.93. The fraction of sp³-hybridized carbons (Fsp3) is 0.538. The van der Waals surface area contributed by atoms with Crippen molar-refractivity contribution in [3.05, 3.63) is 29.6 Å². The average molecular weight is 255 g/mol. The van der Waals surface area contributed by atoms with Gasteiger partial charge in [0, 0.05) is 17.3 Å². The van der Waals surface area contributed by atoms with Crippen LogP contribution in [0, 0.1) is 5.82 Å². The van der Waals surface area contributed by atoms with Crippen LogP contribution in [0.5, 0.6) is 0 Å². The summed E-state index contributed by atoms with van der Waals surface area (Å²) in [6, 6.07) is 5.39. The van der Waals surface area contributed by atoms with Crippen molar-refractivity contribution in [2.75, 3.05) is 18.9 Å². The van der Waals surface area contributed by atoms with E-state index in [9.17, 15) is 4.39 Å². The summed E-state index contributed by atoms with van der Waals surface area (Å²) in [6.07, 6.45) is 3.25. The van der Waals surface area contributed by atoms with E-state index in [0.29, 0.717) is 17.5 Å². The largest absolute Gasteiger partial charge is 0.377 e. The van der Waals surface area contributed by atoms with Gasteiger partial charge in [0.05, 0.1) is 6.10 Å². The smallest absolute Gasteiger partial charge is 0.137 e. The number of halogens is 1. The number of benzene rings is 1. The summed E-state index contributed by atoms with van der Waals surface area (Å²) >= 11 is 1.54. The van der Waals surface area contributed by atoms with Crippen LogP contribution in [0.3, 0.4) is 0 Å². The third-order valence-electron chi connectivity index (χ3n) is 2.88. The summed E-state index contributed by atoms with van der Waals surface area (Å²) in [5, 5.41) is 0. The minimum absolute atomic E-state index is 0.140. The summed E-state index contributed by atoms with van der Waals surface area (Å²) in [5.41, 5.74) is 6.41. The molecule has 1 aliphatic heterocycles. The quantitative estimate of drug-likeness (QED) is 0.821. The van der Waals surface area contributed by atoms with Gasteiger partial charge in [-0.25, -0.2) is 4.39 Å². The second kappa shape index (κ2) is 6.38. The number of hydrogen-bond acceptors (Lipinski definition) is 3. The van der Waals surface area contributed by atoms with Gasteiger partial charge in [0.25, 0.3) is 0 Å². The molecule has 1 heterocycles. The molecular weight excluding hydrogens is 237 g/mol. The minimum Gasteiger partial charge on any atom is -0.377 e. The summed E-state index contributed by atoms with van der Waals surface area (Å²) in [7, 11) is 0. The Morgan fingerprint density at radius 2 is 2.35 bits per heavy atom. The maximum atomic E-state index is 13.7. The maximum absolute atomic E-state index is 13.7. The molecular formula is C13H18FNOS. The Morgan fingerprint density at radius 1 is 1.47 bits per heavy atom. The first-order valence-corrected chi connectivity index (χ1v) is 7.01. The molecule has 1 aromatic rings. The Kier molecular flexibility index (Phi) is 4.83. The first kappa shape index (κ1) is 12.9. The van der Waals surface area contributed by atoms with E-state index < -0.39 is 0 Å². The first-order valence-electron chi connectivity index (χ1n) is 6.02. The predicted octanol–water partition coefficient (Wildman–Crippen LogP) is 2.60. The van der Waals surface area contributed by atoms with E-state index in [0.717, 1.165) is 37.2 Å². The van der Waals surface area contributed by atoms with E-state index in [1.54, 1.807) is 6.07 Å². The van der Waals surface area contributed by atoms with Crippen molar-refractivity contribution in [2.45, 2.75) is 30.3 Å². The minimum atomic E-state index is -0.140. The zero-order valence-corrected chi connectivity index (χ0v) is 10.6. The summed E-state index contributed by atoms with van der Waals surface area (Å²) in [4.78, 5) is 0.710. The van der Waals surface area contributed by atoms with Gasteiger partial charge in [-0.05, 0) is 43.5 Å². The third kappa shape index (κ3) is 3.69. The highest BCUT2D eigenvalue weighted by molar-refractivity contribution is 7.99. The van der Waals surface area contributed by atoms with Crippen LogP contribution in [0.4, 0.5) is 4.39 Å². The highest BCUT2D eigenvalue weighted by atomic mass is 32.2. The number of nitrogens with two attached hydrogens (primary N) is 1. The topological polar surface area (TPSA) is 35.2 Å². The average Bonchev–Trinajstić information content (AvgIpc) is 2.81. The number of thioether (sulfide) groups is 1. The van der Waals surface area contributed by atoms with Gasteiger partial charge < -0.3 is 10.5 Å². The van der Waals surface area contributed by atoms with E-state index in [1.807, 2.05) is 12.1 Å². The zero-order valence-electron chi connectivity index (χ0n) is 9.82. The molecule has 2 nitrogen and oxygen atoms in total. The normalized spacial score (nSPS) is 19.8. The number of ether oxygens (including phenoxy) is 1. The van der Waals surface area contributed by atoms with Gasteiger partial charge in [0.15, 0.2) is 0 Å². The van der Waals surface area contributed by atoms with Crippen LogP contribution in [0.25, 0.3) is 0 Å². The predicted molar refractivity (Wildman–Crippen MR) is 68.9 cm³/mol. The van der Waals surface area contributed by atoms with E-state index >= 15 is 0 Å². The lowest BCUT2D eigenvalue weighted by Gasteiger charge is -2.09. The number of hydrogen-bond donors (Lipinski definition) is 1. The fourth-order valence-electron chi connectivity index (χ4n) is 1.94. The Labute approximate surface area is 106 Å². The Morgan fingerprint density at radius 3 is 3.00 bits per heavy atom. The molecule has 1 aromatic carbocycles. The van der Waals surface area contributed by atoms with Crippen molar-refractivity contribution in [2.24, 2.45) is 5.73 Å². The SMILES string of the molecule is NCCc1ccc(SCC2CCCO2)c(F)c1. The number of rotatable bonds is 5. The Hall–Kier alpha value is -0.580. The molecule has 0 bridgehead atoms. The zero-order chi connectivity index (χ0) is 12.1. The standard InChI is InChI=1S/C13H18FNOS/c14-12-8-10(5-6-15)3-4-13(12)17-9-11-2-1-7-16-11/h3-4,8,11H,1-2,5-7,9,15H2. The second-order valence-corrected chi connectivity index (χ2v) is 5.31. The maximum Gasteiger partial charge on any atom is 0.137 e. The Balaban J connectivity index is 1.91. The molecule has 17 heavy (non-hydrogen) atoms. The van der Waals surface area contributed by atoms with Crippen LogP contribution in [-0.4, -0.2) is 25.0 Å². The van der Waals surface area contributed by atoms with Crippen molar-refractivity contribution in [1.29, 1.82) is 0 Å². The summed E-state index contributed by atoms with van der Waals surface area (Å²) < 4.78 is 19.3. The lowest BCUT2D eigenvalue weighted by atomic mass is 10.1. The van der Waals surface area contributed by atoms with Gasteiger partial charge in [-0.3, -0.25) is 0 Å². The molecule has 0 amide bonds. The van der Waals surface area contributed by atoms with Crippen LogP contribution >= 0.6 is 11.8 Å². The van der Waals surface area contributed by atoms with E-state index in [4.69, 9.17) is 10.5 Å². The lowest BCUT2D eigenvalue weighted by molar-refractivity contribution is 0.129. The van der Waals surface area contributed by atoms with Crippen LogP contribution in [-0.2, 0) is 11.2 Å². The summed E-state index contributed by atoms with van der Waals surface area (Å²) in [5.74, 6) is 0.701. The third-order valence-corrected chi connectivity index (χ3v) is 4.06. The van der Waals surface area contributed by atoms with Crippen LogP contribution < -0.4 is 5.73 Å². The van der Waals surface area contributed by atoms with E-state index in [1.165, 1.54) is 11.8 Å². The van der Waals surface area contributed by atoms with E-state index in [-0.39, 0.29) is 5.82 Å². The molecule has 1 saturated heterocycles. The second-order valence-electron chi connectivity index (χ2n) is 4.25. The van der Waals surface area contributed by atoms with Gasteiger partial charge in [-0.1, -0.05) is 6.07 Å². The van der Waals surface area contributed by atoms with Gasteiger partial charge in [0.2, 0.25) is 0 Å². The molecule has 2 rings (SSSR count). The molecule has 4 heteroatoms.